The van der Waals surface area contributed by atoms with E-state index in [1.54, 1.807) is 60.1 Å². The van der Waals surface area contributed by atoms with E-state index < -0.39 is 22.1 Å². The van der Waals surface area contributed by atoms with Gasteiger partial charge in [-0.05, 0) is 30.3 Å². The number of methoxy groups -OCH3 is 1. The second-order valence-electron chi connectivity index (χ2n) is 7.77. The molecule has 1 N–H and O–H groups in total. The molecule has 1 unspecified atom stereocenters. The van der Waals surface area contributed by atoms with E-state index in [0.29, 0.717) is 10.9 Å². The lowest BCUT2D eigenvalue weighted by atomic mass is 10.1. The van der Waals surface area contributed by atoms with Gasteiger partial charge in [-0.1, -0.05) is 48.5 Å². The summed E-state index contributed by atoms with van der Waals surface area (Å²) in [7, 11) is -1.26. The molecule has 1 atom stereocenters. The van der Waals surface area contributed by atoms with Crippen molar-refractivity contribution in [1.29, 1.82) is 0 Å². The van der Waals surface area contributed by atoms with E-state index in [2.05, 4.69) is 4.98 Å². The number of carbonyl (C=O) groups is 1. The molecule has 0 amide bonds. The SMILES string of the molecule is COC(=O)c1c(C(O)c2nc3ccccc3n2C)n(S(=O)(=O)c2ccccc2)c2ccccc12. The summed E-state index contributed by atoms with van der Waals surface area (Å²) >= 11 is 0. The van der Waals surface area contributed by atoms with E-state index in [4.69, 9.17) is 4.74 Å². The minimum atomic E-state index is -4.20. The number of carbonyl (C=O) groups excluding carboxylic acids is 1. The number of aliphatic hydroxyl groups excluding tert-OH is 1. The van der Waals surface area contributed by atoms with Crippen LogP contribution in [0.4, 0.5) is 0 Å². The van der Waals surface area contributed by atoms with E-state index in [9.17, 15) is 18.3 Å². The third-order valence-electron chi connectivity index (χ3n) is 5.86. The van der Waals surface area contributed by atoms with Crippen LogP contribution in [-0.4, -0.2) is 40.1 Å². The van der Waals surface area contributed by atoms with Crippen molar-refractivity contribution in [2.45, 2.75) is 11.0 Å². The largest absolute Gasteiger partial charge is 0.465 e. The summed E-state index contributed by atoms with van der Waals surface area (Å²) in [5.74, 6) is -0.565. The Labute approximate surface area is 195 Å². The number of aryl methyl sites for hydroxylation is 1. The minimum Gasteiger partial charge on any atom is -0.465 e. The van der Waals surface area contributed by atoms with E-state index >= 15 is 0 Å². The predicted molar refractivity (Wildman–Crippen MR) is 127 cm³/mol. The number of aromatic nitrogens is 3. The number of imidazole rings is 1. The van der Waals surface area contributed by atoms with Gasteiger partial charge in [-0.3, -0.25) is 0 Å². The maximum atomic E-state index is 13.9. The second-order valence-corrected chi connectivity index (χ2v) is 9.56. The van der Waals surface area contributed by atoms with Crippen molar-refractivity contribution in [3.8, 4) is 0 Å². The highest BCUT2D eigenvalue weighted by Crippen LogP contribution is 2.37. The Bertz CT molecular complexity index is 1650. The Morgan fingerprint density at radius 3 is 2.24 bits per heavy atom. The van der Waals surface area contributed by atoms with Gasteiger partial charge in [0.2, 0.25) is 0 Å². The van der Waals surface area contributed by atoms with Gasteiger partial charge in [0.25, 0.3) is 10.0 Å². The van der Waals surface area contributed by atoms with Crippen molar-refractivity contribution >= 4 is 37.9 Å². The molecule has 9 heteroatoms. The molecule has 2 aromatic heterocycles. The third-order valence-corrected chi connectivity index (χ3v) is 7.61. The van der Waals surface area contributed by atoms with Gasteiger partial charge in [0.05, 0.1) is 39.8 Å². The molecule has 5 aromatic rings. The highest BCUT2D eigenvalue weighted by atomic mass is 32.2. The summed E-state index contributed by atoms with van der Waals surface area (Å²) in [4.78, 5) is 17.5. The number of para-hydroxylation sites is 3. The molecular formula is C25H21N3O5S. The Kier molecular flexibility index (Phi) is 5.22. The topological polar surface area (TPSA) is 103 Å². The molecule has 5 rings (SSSR count). The van der Waals surface area contributed by atoms with Gasteiger partial charge >= 0.3 is 5.97 Å². The van der Waals surface area contributed by atoms with Crippen LogP contribution >= 0.6 is 0 Å². The van der Waals surface area contributed by atoms with Crippen LogP contribution in [0.5, 0.6) is 0 Å². The van der Waals surface area contributed by atoms with Crippen molar-refractivity contribution < 1.29 is 23.1 Å². The van der Waals surface area contributed by atoms with E-state index in [1.807, 2.05) is 18.2 Å². The van der Waals surface area contributed by atoms with Crippen LogP contribution in [0.2, 0.25) is 0 Å². The molecule has 34 heavy (non-hydrogen) atoms. The van der Waals surface area contributed by atoms with Crippen LogP contribution in [0.25, 0.3) is 21.9 Å². The molecule has 0 bridgehead atoms. The second kappa shape index (κ2) is 8.12. The average molecular weight is 476 g/mol. The zero-order valence-electron chi connectivity index (χ0n) is 18.4. The maximum Gasteiger partial charge on any atom is 0.340 e. The quantitative estimate of drug-likeness (QED) is 0.390. The molecule has 3 aromatic carbocycles. The summed E-state index contributed by atoms with van der Waals surface area (Å²) in [5, 5.41) is 12.0. The Hall–Kier alpha value is -3.95. The molecule has 0 fully saturated rings. The normalized spacial score (nSPS) is 12.8. The molecule has 0 radical (unpaired) electrons. The predicted octanol–water partition coefficient (Wildman–Crippen LogP) is 3.63. The monoisotopic (exact) mass is 475 g/mol. The van der Waals surface area contributed by atoms with Crippen molar-refractivity contribution in [1.82, 2.24) is 13.5 Å². The van der Waals surface area contributed by atoms with Crippen molar-refractivity contribution in [2.24, 2.45) is 7.05 Å². The zero-order chi connectivity index (χ0) is 24.0. The minimum absolute atomic E-state index is 0.0191. The number of aliphatic hydroxyl groups is 1. The molecule has 0 aliphatic rings. The average Bonchev–Trinajstić information content (AvgIpc) is 3.39. The molecule has 0 saturated carbocycles. The van der Waals surface area contributed by atoms with Crippen molar-refractivity contribution in [3.63, 3.8) is 0 Å². The number of rotatable bonds is 5. The summed E-state index contributed by atoms with van der Waals surface area (Å²) in [5.41, 5.74) is 1.48. The number of fused-ring (bicyclic) bond motifs is 2. The van der Waals surface area contributed by atoms with Crippen LogP contribution in [0.15, 0.2) is 83.8 Å². The number of hydrogen-bond donors (Lipinski definition) is 1. The van der Waals surface area contributed by atoms with E-state index in [0.717, 1.165) is 9.49 Å². The van der Waals surface area contributed by atoms with Gasteiger partial charge in [0.15, 0.2) is 6.10 Å². The lowest BCUT2D eigenvalue weighted by Gasteiger charge is -2.17. The first-order chi connectivity index (χ1) is 16.4. The highest BCUT2D eigenvalue weighted by molar-refractivity contribution is 7.90. The molecule has 0 spiro atoms. The Morgan fingerprint density at radius 2 is 1.56 bits per heavy atom. The summed E-state index contributed by atoms with van der Waals surface area (Å²) in [6.45, 7) is 0. The van der Waals surface area contributed by atoms with Crippen LogP contribution in [0, 0.1) is 0 Å². The standard InChI is InChI=1S/C25H21N3O5S/c1-27-20-15-9-7-13-18(20)26-24(27)23(29)22-21(25(30)33-2)17-12-6-8-14-19(17)28(22)34(31,32)16-10-4-3-5-11-16/h3-15,23,29H,1-2H3. The number of hydrogen-bond acceptors (Lipinski definition) is 6. The summed E-state index contributed by atoms with van der Waals surface area (Å²) in [6.07, 6.45) is -1.54. The first-order valence-corrected chi connectivity index (χ1v) is 11.9. The smallest absolute Gasteiger partial charge is 0.340 e. The Balaban J connectivity index is 1.89. The lowest BCUT2D eigenvalue weighted by Crippen LogP contribution is -2.21. The van der Waals surface area contributed by atoms with Crippen LogP contribution in [0.3, 0.4) is 0 Å². The van der Waals surface area contributed by atoms with Crippen LogP contribution in [-0.2, 0) is 21.8 Å². The zero-order valence-corrected chi connectivity index (χ0v) is 19.2. The fourth-order valence-electron chi connectivity index (χ4n) is 4.28. The highest BCUT2D eigenvalue weighted by Gasteiger charge is 2.35. The number of benzene rings is 3. The van der Waals surface area contributed by atoms with Gasteiger partial charge in [0.1, 0.15) is 5.82 Å². The molecule has 172 valence electrons. The summed E-state index contributed by atoms with van der Waals surface area (Å²) < 4.78 is 35.4. The van der Waals surface area contributed by atoms with Crippen LogP contribution in [0.1, 0.15) is 28.0 Å². The van der Waals surface area contributed by atoms with Gasteiger partial charge in [0, 0.05) is 12.4 Å². The Morgan fingerprint density at radius 1 is 0.941 bits per heavy atom. The molecule has 2 heterocycles. The van der Waals surface area contributed by atoms with E-state index in [1.165, 1.54) is 19.2 Å². The molecule has 0 saturated heterocycles. The fraction of sp³-hybridized carbons (Fsp3) is 0.120. The van der Waals surface area contributed by atoms with Crippen molar-refractivity contribution in [2.75, 3.05) is 7.11 Å². The first-order valence-electron chi connectivity index (χ1n) is 10.5. The third kappa shape index (κ3) is 3.20. The molecule has 0 aliphatic carbocycles. The summed E-state index contributed by atoms with van der Waals surface area (Å²) in [6, 6.07) is 21.8. The van der Waals surface area contributed by atoms with Gasteiger partial charge in [-0.2, -0.15) is 0 Å². The first kappa shape index (κ1) is 21.9. The molecular weight excluding hydrogens is 454 g/mol. The van der Waals surface area contributed by atoms with Gasteiger partial charge < -0.3 is 14.4 Å². The molecule has 8 nitrogen and oxygen atoms in total. The number of ether oxygens (including phenoxy) is 1. The van der Waals surface area contributed by atoms with Crippen molar-refractivity contribution in [3.05, 3.63) is 95.9 Å². The molecule has 0 aliphatic heterocycles. The number of esters is 1. The maximum absolute atomic E-state index is 13.9. The lowest BCUT2D eigenvalue weighted by molar-refractivity contribution is 0.0597. The van der Waals surface area contributed by atoms with E-state index in [-0.39, 0.29) is 27.5 Å². The van der Waals surface area contributed by atoms with Crippen LogP contribution < -0.4 is 0 Å². The van der Waals surface area contributed by atoms with Gasteiger partial charge in [-0.25, -0.2) is 22.2 Å². The number of nitrogens with zero attached hydrogens (tertiary/aromatic N) is 3. The van der Waals surface area contributed by atoms with Gasteiger partial charge in [-0.15, -0.1) is 0 Å². The fourth-order valence-corrected chi connectivity index (χ4v) is 5.86.